The molecule has 166 valence electrons. The van der Waals surface area contributed by atoms with E-state index in [2.05, 4.69) is 10.2 Å². The predicted molar refractivity (Wildman–Crippen MR) is 121 cm³/mol. The number of nitrogens with one attached hydrogen (secondary N) is 1. The van der Waals surface area contributed by atoms with E-state index in [4.69, 9.17) is 4.98 Å². The van der Waals surface area contributed by atoms with E-state index in [1.165, 1.54) is 18.6 Å². The number of fused-ring (bicyclic) bond motifs is 2. The fraction of sp³-hybridized carbons (Fsp3) is 0.375. The zero-order chi connectivity index (χ0) is 22.7. The molecule has 0 spiro atoms. The summed E-state index contributed by atoms with van der Waals surface area (Å²) in [5.74, 6) is -0.0883. The summed E-state index contributed by atoms with van der Waals surface area (Å²) in [7, 11) is 1.75. The fourth-order valence-corrected chi connectivity index (χ4v) is 4.89. The van der Waals surface area contributed by atoms with Gasteiger partial charge in [-0.2, -0.15) is 0 Å². The van der Waals surface area contributed by atoms with Gasteiger partial charge in [-0.15, -0.1) is 0 Å². The molecule has 1 aromatic heterocycles. The molecular formula is C24H25FN4O3. The molecular weight excluding hydrogens is 411 g/mol. The van der Waals surface area contributed by atoms with Gasteiger partial charge in [-0.25, -0.2) is 14.2 Å². The van der Waals surface area contributed by atoms with Crippen molar-refractivity contribution in [2.75, 3.05) is 23.3 Å². The number of hydrogen-bond donors (Lipinski definition) is 2. The predicted octanol–water partition coefficient (Wildman–Crippen LogP) is 3.71. The number of anilines is 2. The molecule has 3 atom stereocenters. The summed E-state index contributed by atoms with van der Waals surface area (Å²) in [6.45, 7) is 5.59. The lowest BCUT2D eigenvalue weighted by Gasteiger charge is -2.24. The minimum absolute atomic E-state index is 0.111. The van der Waals surface area contributed by atoms with E-state index in [0.29, 0.717) is 28.7 Å². The van der Waals surface area contributed by atoms with Gasteiger partial charge in [-0.3, -0.25) is 9.36 Å². The highest BCUT2D eigenvalue weighted by Crippen LogP contribution is 2.46. The number of piperidine rings is 1. The molecule has 3 unspecified atom stereocenters. The first kappa shape index (κ1) is 20.5. The van der Waals surface area contributed by atoms with E-state index in [0.717, 1.165) is 30.3 Å². The van der Waals surface area contributed by atoms with Crippen LogP contribution in [-0.4, -0.2) is 33.7 Å². The maximum absolute atomic E-state index is 14.1. The Labute approximate surface area is 184 Å². The first-order chi connectivity index (χ1) is 15.2. The number of nitrogens with zero attached hydrogens (tertiary/aromatic N) is 3. The zero-order valence-corrected chi connectivity index (χ0v) is 18.2. The van der Waals surface area contributed by atoms with Gasteiger partial charge in [0.15, 0.2) is 0 Å². The lowest BCUT2D eigenvalue weighted by Crippen LogP contribution is -2.31. The lowest BCUT2D eigenvalue weighted by atomic mass is 10.0. The summed E-state index contributed by atoms with van der Waals surface area (Å²) in [6.07, 6.45) is 1.25. The van der Waals surface area contributed by atoms with Crippen LogP contribution in [0.25, 0.3) is 10.9 Å². The van der Waals surface area contributed by atoms with Crippen molar-refractivity contribution >= 4 is 28.5 Å². The Morgan fingerprint density at radius 2 is 2.00 bits per heavy atom. The number of aryl methyl sites for hydroxylation is 1. The maximum Gasteiger partial charge on any atom is 0.340 e. The van der Waals surface area contributed by atoms with Crippen LogP contribution in [0.2, 0.25) is 0 Å². The summed E-state index contributed by atoms with van der Waals surface area (Å²) < 4.78 is 15.8. The van der Waals surface area contributed by atoms with Gasteiger partial charge in [0.2, 0.25) is 5.95 Å². The van der Waals surface area contributed by atoms with Gasteiger partial charge in [-0.05, 0) is 55.9 Å². The van der Waals surface area contributed by atoms with Gasteiger partial charge in [0.1, 0.15) is 11.4 Å². The highest BCUT2D eigenvalue weighted by Gasteiger charge is 2.46. The number of rotatable bonds is 5. The Morgan fingerprint density at radius 3 is 2.69 bits per heavy atom. The third kappa shape index (κ3) is 3.30. The molecule has 5 rings (SSSR count). The summed E-state index contributed by atoms with van der Waals surface area (Å²) >= 11 is 0. The summed E-state index contributed by atoms with van der Waals surface area (Å²) in [5.41, 5.74) is 1.92. The number of carboxylic acid groups (broad SMARTS) is 1. The van der Waals surface area contributed by atoms with E-state index in [1.54, 1.807) is 11.6 Å². The van der Waals surface area contributed by atoms with Crippen LogP contribution in [0.15, 0.2) is 35.1 Å². The number of aromatic carboxylic acids is 1. The van der Waals surface area contributed by atoms with Crippen molar-refractivity contribution in [1.82, 2.24) is 9.55 Å². The van der Waals surface area contributed by atoms with Gasteiger partial charge < -0.3 is 15.3 Å². The van der Waals surface area contributed by atoms with Crippen LogP contribution in [-0.2, 0) is 7.05 Å². The molecule has 32 heavy (non-hydrogen) atoms. The largest absolute Gasteiger partial charge is 0.478 e. The Balaban J connectivity index is 1.61. The number of carbonyl (C=O) groups is 1. The molecule has 2 aromatic carbocycles. The second kappa shape index (κ2) is 7.32. The Kier molecular flexibility index (Phi) is 4.69. The van der Waals surface area contributed by atoms with E-state index >= 15 is 0 Å². The Hall–Kier alpha value is -3.42. The minimum atomic E-state index is -1.34. The van der Waals surface area contributed by atoms with E-state index in [1.807, 2.05) is 26.0 Å². The molecule has 1 aliphatic heterocycles. The first-order valence-electron chi connectivity index (χ1n) is 10.8. The molecule has 0 amide bonds. The minimum Gasteiger partial charge on any atom is -0.478 e. The normalized spacial score (nSPS) is 20.3. The Morgan fingerprint density at radius 1 is 1.28 bits per heavy atom. The van der Waals surface area contributed by atoms with E-state index in [-0.39, 0.29) is 11.2 Å². The monoisotopic (exact) mass is 436 g/mol. The smallest absolute Gasteiger partial charge is 0.340 e. The van der Waals surface area contributed by atoms with Gasteiger partial charge in [-0.1, -0.05) is 12.1 Å². The average molecular weight is 436 g/mol. The maximum atomic E-state index is 14.1. The van der Waals surface area contributed by atoms with Crippen LogP contribution >= 0.6 is 0 Å². The van der Waals surface area contributed by atoms with Crippen LogP contribution in [0.3, 0.4) is 0 Å². The number of halogens is 1. The van der Waals surface area contributed by atoms with Crippen molar-refractivity contribution in [2.24, 2.45) is 18.9 Å². The fourth-order valence-electron chi connectivity index (χ4n) is 4.89. The third-order valence-corrected chi connectivity index (χ3v) is 6.66. The van der Waals surface area contributed by atoms with Gasteiger partial charge in [0.25, 0.3) is 5.56 Å². The quantitative estimate of drug-likeness (QED) is 0.634. The van der Waals surface area contributed by atoms with E-state index in [9.17, 15) is 19.1 Å². The number of carboxylic acids is 1. The molecule has 1 aliphatic carbocycles. The topological polar surface area (TPSA) is 87.5 Å². The average Bonchev–Trinajstić information content (AvgIpc) is 3.35. The molecule has 2 N–H and O–H groups in total. The van der Waals surface area contributed by atoms with Crippen LogP contribution in [0.1, 0.15) is 40.9 Å². The van der Waals surface area contributed by atoms with Gasteiger partial charge in [0.05, 0.1) is 22.6 Å². The standard InChI is InChI=1S/C24H25FN4O3/c1-12-7-16(13(2)26-19-6-4-5-18(25)20(19)23(31)32)21-17(8-12)22(30)28(3)24(27-21)29-10-14-9-15(14)11-29/h4-8,13-15,26H,9-11H2,1-3H3,(H,31,32). The van der Waals surface area contributed by atoms with Crippen LogP contribution in [0, 0.1) is 24.6 Å². The first-order valence-corrected chi connectivity index (χ1v) is 10.8. The third-order valence-electron chi connectivity index (χ3n) is 6.66. The summed E-state index contributed by atoms with van der Waals surface area (Å²) in [6, 6.07) is 7.50. The Bertz CT molecular complexity index is 1310. The van der Waals surface area contributed by atoms with Gasteiger partial charge in [0, 0.05) is 25.7 Å². The second-order valence-electron chi connectivity index (χ2n) is 9.02. The molecule has 1 saturated heterocycles. The molecule has 2 heterocycles. The number of hydrogen-bond acceptors (Lipinski definition) is 5. The molecule has 2 fully saturated rings. The van der Waals surface area contributed by atoms with Crippen molar-refractivity contribution in [2.45, 2.75) is 26.3 Å². The molecule has 7 nitrogen and oxygen atoms in total. The zero-order valence-electron chi connectivity index (χ0n) is 18.2. The number of benzene rings is 2. The summed E-state index contributed by atoms with van der Waals surface area (Å²) in [4.78, 5) is 31.9. The van der Waals surface area contributed by atoms with Crippen molar-refractivity contribution in [3.63, 3.8) is 0 Å². The van der Waals surface area contributed by atoms with Gasteiger partial charge >= 0.3 is 5.97 Å². The number of aromatic nitrogens is 2. The van der Waals surface area contributed by atoms with Crippen LogP contribution < -0.4 is 15.8 Å². The highest BCUT2D eigenvalue weighted by molar-refractivity contribution is 5.94. The van der Waals surface area contributed by atoms with Crippen LogP contribution in [0.5, 0.6) is 0 Å². The molecule has 1 saturated carbocycles. The molecule has 3 aromatic rings. The van der Waals surface area contributed by atoms with E-state index < -0.39 is 23.4 Å². The lowest BCUT2D eigenvalue weighted by molar-refractivity contribution is 0.0693. The molecule has 2 aliphatic rings. The SMILES string of the molecule is Cc1cc(C(C)Nc2cccc(F)c2C(=O)O)c2nc(N3CC4CC4C3)n(C)c(=O)c2c1. The second-order valence-corrected chi connectivity index (χ2v) is 9.02. The highest BCUT2D eigenvalue weighted by atomic mass is 19.1. The van der Waals surface area contributed by atoms with Crippen molar-refractivity contribution in [3.05, 3.63) is 63.2 Å². The molecule has 8 heteroatoms. The van der Waals surface area contributed by atoms with Crippen LogP contribution in [0.4, 0.5) is 16.0 Å². The van der Waals surface area contributed by atoms with Crippen molar-refractivity contribution in [3.8, 4) is 0 Å². The molecule has 0 bridgehead atoms. The summed E-state index contributed by atoms with van der Waals surface area (Å²) in [5, 5.41) is 13.1. The van der Waals surface area contributed by atoms with Crippen molar-refractivity contribution < 1.29 is 14.3 Å². The molecule has 0 radical (unpaired) electrons. The van der Waals surface area contributed by atoms with Crippen molar-refractivity contribution in [1.29, 1.82) is 0 Å².